The highest BCUT2D eigenvalue weighted by Gasteiger charge is 2.52. The number of hydroxylamine groups is 4. The van der Waals surface area contributed by atoms with E-state index in [0.717, 1.165) is 12.8 Å². The molecule has 190 valence electrons. The molecule has 1 aliphatic heterocycles. The van der Waals surface area contributed by atoms with Gasteiger partial charge in [0.25, 0.3) is 0 Å². The lowest BCUT2D eigenvalue weighted by Crippen LogP contribution is -2.50. The van der Waals surface area contributed by atoms with E-state index in [4.69, 9.17) is 0 Å². The van der Waals surface area contributed by atoms with Crippen LogP contribution >= 0.6 is 0 Å². The van der Waals surface area contributed by atoms with Gasteiger partial charge in [-0.3, -0.25) is 0 Å². The van der Waals surface area contributed by atoms with E-state index < -0.39 is 0 Å². The molecule has 32 heavy (non-hydrogen) atoms. The Bertz CT molecular complexity index is 603. The number of rotatable bonds is 10. The molecule has 0 aromatic rings. The minimum absolute atomic E-state index is 0.131. The Labute approximate surface area is 200 Å². The predicted octanol–water partition coefficient (Wildman–Crippen LogP) is 8.06. The van der Waals surface area contributed by atoms with Gasteiger partial charge in [-0.15, -0.1) is 0 Å². The molecule has 2 aliphatic rings. The van der Waals surface area contributed by atoms with Gasteiger partial charge in [-0.2, -0.15) is 10.1 Å². The Kier molecular flexibility index (Phi) is 8.63. The van der Waals surface area contributed by atoms with Crippen LogP contribution in [0.25, 0.3) is 0 Å². The van der Waals surface area contributed by atoms with Crippen LogP contribution in [0.2, 0.25) is 0 Å². The van der Waals surface area contributed by atoms with Crippen molar-refractivity contribution in [1.82, 2.24) is 10.1 Å². The molecule has 0 amide bonds. The van der Waals surface area contributed by atoms with Crippen LogP contribution < -0.4 is 0 Å². The monoisotopic (exact) mass is 452 g/mol. The first-order chi connectivity index (χ1) is 14.6. The number of hydrogen-bond donors (Lipinski definition) is 2. The van der Waals surface area contributed by atoms with Crippen molar-refractivity contribution in [2.45, 2.75) is 163 Å². The molecule has 1 saturated carbocycles. The second-order valence-corrected chi connectivity index (χ2v) is 13.7. The first-order valence-corrected chi connectivity index (χ1v) is 13.5. The third-order valence-corrected chi connectivity index (χ3v) is 9.71. The highest BCUT2D eigenvalue weighted by Crippen LogP contribution is 2.56. The van der Waals surface area contributed by atoms with E-state index >= 15 is 0 Å². The van der Waals surface area contributed by atoms with Crippen LogP contribution in [-0.2, 0) is 0 Å². The summed E-state index contributed by atoms with van der Waals surface area (Å²) < 4.78 is 0. The summed E-state index contributed by atoms with van der Waals surface area (Å²) in [5.74, 6) is 0.544. The highest BCUT2D eigenvalue weighted by atomic mass is 16.5. The van der Waals surface area contributed by atoms with Crippen LogP contribution in [-0.4, -0.2) is 43.2 Å². The van der Waals surface area contributed by atoms with E-state index in [1.165, 1.54) is 57.8 Å². The Balaban J connectivity index is 2.09. The van der Waals surface area contributed by atoms with Crippen molar-refractivity contribution in [3.05, 3.63) is 0 Å². The van der Waals surface area contributed by atoms with E-state index in [9.17, 15) is 10.4 Å². The van der Waals surface area contributed by atoms with Gasteiger partial charge in [0.15, 0.2) is 0 Å². The molecule has 0 spiro atoms. The topological polar surface area (TPSA) is 46.9 Å². The van der Waals surface area contributed by atoms with Gasteiger partial charge in [0.2, 0.25) is 0 Å². The van der Waals surface area contributed by atoms with E-state index in [1.54, 1.807) is 10.1 Å². The van der Waals surface area contributed by atoms with E-state index in [0.29, 0.717) is 16.7 Å². The van der Waals surface area contributed by atoms with Gasteiger partial charge in [-0.25, -0.2) is 0 Å². The van der Waals surface area contributed by atoms with Crippen molar-refractivity contribution in [1.29, 1.82) is 0 Å². The van der Waals surface area contributed by atoms with E-state index in [-0.39, 0.29) is 22.7 Å². The zero-order valence-electron chi connectivity index (χ0n) is 23.2. The molecule has 1 saturated heterocycles. The Morgan fingerprint density at radius 2 is 1.50 bits per heavy atom. The van der Waals surface area contributed by atoms with Crippen LogP contribution in [0.3, 0.4) is 0 Å². The molecular weight excluding hydrogens is 396 g/mol. The predicted molar refractivity (Wildman–Crippen MR) is 135 cm³/mol. The Morgan fingerprint density at radius 1 is 0.969 bits per heavy atom. The zero-order chi connectivity index (χ0) is 24.6. The average molecular weight is 453 g/mol. The smallest absolute Gasteiger partial charge is 0.0439 e. The molecule has 1 aliphatic carbocycles. The summed E-state index contributed by atoms with van der Waals surface area (Å²) in [4.78, 5) is 0. The summed E-state index contributed by atoms with van der Waals surface area (Å²) in [6, 6.07) is 0.145. The van der Waals surface area contributed by atoms with E-state index in [1.807, 2.05) is 0 Å². The van der Waals surface area contributed by atoms with Crippen LogP contribution in [0.1, 0.15) is 140 Å². The van der Waals surface area contributed by atoms with Crippen molar-refractivity contribution in [2.75, 3.05) is 0 Å². The van der Waals surface area contributed by atoms with Crippen LogP contribution in [0.4, 0.5) is 0 Å². The molecule has 0 aromatic carbocycles. The molecule has 0 radical (unpaired) electrons. The van der Waals surface area contributed by atoms with Gasteiger partial charge in [-0.1, -0.05) is 26.7 Å². The maximum atomic E-state index is 10.8. The van der Waals surface area contributed by atoms with Crippen LogP contribution in [0.15, 0.2) is 0 Å². The molecule has 4 nitrogen and oxygen atoms in total. The summed E-state index contributed by atoms with van der Waals surface area (Å²) in [5.41, 5.74) is 0.322. The van der Waals surface area contributed by atoms with Gasteiger partial charge in [-0.05, 0) is 130 Å². The molecular formula is C28H56N2O2. The Hall–Kier alpha value is -0.160. The molecule has 1 heterocycles. The standard InChI is InChI=1S/C28H56N2O2/c1-11-14-28(15-13-23-20-24(5,6)30(32)26(23,9)10)18-16-27(12-2,17-19-28)21-25(7,8)29(31)22(3)4/h22-23,31-32H,11-21H2,1-10H3/t23-,27-,28+/m0/s1. The fourth-order valence-electron chi connectivity index (χ4n) is 7.65. The second kappa shape index (κ2) is 9.84. The largest absolute Gasteiger partial charge is 0.313 e. The molecule has 0 unspecified atom stereocenters. The fourth-order valence-corrected chi connectivity index (χ4v) is 7.65. The zero-order valence-corrected chi connectivity index (χ0v) is 23.2. The summed E-state index contributed by atoms with van der Waals surface area (Å²) in [7, 11) is 0. The Morgan fingerprint density at radius 3 is 1.91 bits per heavy atom. The second-order valence-electron chi connectivity index (χ2n) is 13.7. The molecule has 2 N–H and O–H groups in total. The third kappa shape index (κ3) is 5.73. The average Bonchev–Trinajstić information content (AvgIpc) is 2.86. The third-order valence-electron chi connectivity index (χ3n) is 9.71. The molecule has 2 fully saturated rings. The number of nitrogens with zero attached hydrogens (tertiary/aromatic N) is 2. The van der Waals surface area contributed by atoms with Crippen molar-refractivity contribution in [3.8, 4) is 0 Å². The minimum atomic E-state index is -0.195. The molecule has 0 aromatic heterocycles. The van der Waals surface area contributed by atoms with Gasteiger partial charge in [0.1, 0.15) is 0 Å². The lowest BCUT2D eigenvalue weighted by atomic mass is 9.57. The minimum Gasteiger partial charge on any atom is -0.313 e. The van der Waals surface area contributed by atoms with Crippen molar-refractivity contribution in [3.63, 3.8) is 0 Å². The van der Waals surface area contributed by atoms with Crippen molar-refractivity contribution < 1.29 is 10.4 Å². The summed E-state index contributed by atoms with van der Waals surface area (Å²) in [6.07, 6.45) is 13.6. The van der Waals surface area contributed by atoms with Crippen molar-refractivity contribution in [2.24, 2.45) is 16.7 Å². The van der Waals surface area contributed by atoms with Gasteiger partial charge >= 0.3 is 0 Å². The molecule has 0 bridgehead atoms. The summed E-state index contributed by atoms with van der Waals surface area (Å²) in [5, 5.41) is 24.7. The van der Waals surface area contributed by atoms with Crippen molar-refractivity contribution >= 4 is 0 Å². The lowest BCUT2D eigenvalue weighted by Gasteiger charge is -2.51. The van der Waals surface area contributed by atoms with E-state index in [2.05, 4.69) is 69.2 Å². The molecule has 2 rings (SSSR count). The van der Waals surface area contributed by atoms with Crippen LogP contribution in [0, 0.1) is 16.7 Å². The highest BCUT2D eigenvalue weighted by molar-refractivity contribution is 5.03. The summed E-state index contributed by atoms with van der Waals surface area (Å²) in [6.45, 7) is 22.1. The first-order valence-electron chi connectivity index (χ1n) is 13.5. The normalized spacial score (nSPS) is 33.4. The van der Waals surface area contributed by atoms with Gasteiger partial charge < -0.3 is 10.4 Å². The maximum Gasteiger partial charge on any atom is 0.0439 e. The SMILES string of the molecule is CCC[C@]1(CC[C@H]2CC(C)(C)N(O)C2(C)C)CC[C@@](CC)(CC(C)(C)N(O)C(C)C)CC1. The van der Waals surface area contributed by atoms with Crippen LogP contribution in [0.5, 0.6) is 0 Å². The maximum absolute atomic E-state index is 10.8. The van der Waals surface area contributed by atoms with Gasteiger partial charge in [0, 0.05) is 22.7 Å². The van der Waals surface area contributed by atoms with Gasteiger partial charge in [0.05, 0.1) is 0 Å². The lowest BCUT2D eigenvalue weighted by molar-refractivity contribution is -0.198. The fraction of sp³-hybridized carbons (Fsp3) is 1.00. The summed E-state index contributed by atoms with van der Waals surface area (Å²) >= 11 is 0. The molecule has 4 heteroatoms. The first kappa shape index (κ1) is 28.1. The number of hydrogen-bond acceptors (Lipinski definition) is 4. The quantitative estimate of drug-likeness (QED) is 0.329. The molecule has 1 atom stereocenters.